The van der Waals surface area contributed by atoms with Crippen LogP contribution in [0, 0.1) is 6.92 Å². The van der Waals surface area contributed by atoms with E-state index < -0.39 is 0 Å². The average molecular weight is 200 g/mol. The summed E-state index contributed by atoms with van der Waals surface area (Å²) in [5, 5.41) is 9.56. The van der Waals surface area contributed by atoms with E-state index in [1.54, 1.807) is 6.20 Å². The minimum absolute atomic E-state index is 0.341. The summed E-state index contributed by atoms with van der Waals surface area (Å²) in [4.78, 5) is 0. The van der Waals surface area contributed by atoms with Gasteiger partial charge in [-0.3, -0.25) is 0 Å². The molecular formula is C13H14NO+. The molecule has 0 saturated carbocycles. The molecule has 0 saturated heterocycles. The van der Waals surface area contributed by atoms with Crippen LogP contribution < -0.4 is 4.57 Å². The second-order valence-corrected chi connectivity index (χ2v) is 3.67. The van der Waals surface area contributed by atoms with E-state index in [0.29, 0.717) is 5.75 Å². The SMILES string of the molecule is Cc1cc[n+](Cc2ccccc2)cc1O. The third-order valence-corrected chi connectivity index (χ3v) is 2.42. The summed E-state index contributed by atoms with van der Waals surface area (Å²) in [6.07, 6.45) is 3.73. The van der Waals surface area contributed by atoms with Crippen LogP contribution in [-0.2, 0) is 6.54 Å². The van der Waals surface area contributed by atoms with Gasteiger partial charge in [-0.1, -0.05) is 30.3 Å². The lowest BCUT2D eigenvalue weighted by Gasteiger charge is -1.99. The van der Waals surface area contributed by atoms with Crippen LogP contribution in [0.3, 0.4) is 0 Å². The molecule has 0 radical (unpaired) electrons. The van der Waals surface area contributed by atoms with E-state index in [4.69, 9.17) is 0 Å². The summed E-state index contributed by atoms with van der Waals surface area (Å²) in [6, 6.07) is 12.1. The lowest BCUT2D eigenvalue weighted by Crippen LogP contribution is -2.33. The number of hydrogen-bond donors (Lipinski definition) is 1. The summed E-state index contributed by atoms with van der Waals surface area (Å²) in [5.41, 5.74) is 2.13. The van der Waals surface area contributed by atoms with Gasteiger partial charge in [-0.05, 0) is 6.92 Å². The Hall–Kier alpha value is -1.83. The molecule has 0 spiro atoms. The molecule has 0 bridgehead atoms. The highest BCUT2D eigenvalue weighted by atomic mass is 16.3. The molecule has 0 atom stereocenters. The van der Waals surface area contributed by atoms with Crippen molar-refractivity contribution in [3.63, 3.8) is 0 Å². The van der Waals surface area contributed by atoms with E-state index in [9.17, 15) is 5.11 Å². The van der Waals surface area contributed by atoms with Crippen molar-refractivity contribution in [3.8, 4) is 5.75 Å². The molecule has 2 heteroatoms. The fraction of sp³-hybridized carbons (Fsp3) is 0.154. The van der Waals surface area contributed by atoms with E-state index in [0.717, 1.165) is 12.1 Å². The number of rotatable bonds is 2. The third-order valence-electron chi connectivity index (χ3n) is 2.42. The molecule has 0 amide bonds. The van der Waals surface area contributed by atoms with Crippen molar-refractivity contribution in [2.24, 2.45) is 0 Å². The number of benzene rings is 1. The average Bonchev–Trinajstić information content (AvgIpc) is 2.25. The van der Waals surface area contributed by atoms with Gasteiger partial charge in [0.25, 0.3) is 0 Å². The molecule has 0 aliphatic heterocycles. The first-order chi connectivity index (χ1) is 7.25. The van der Waals surface area contributed by atoms with Crippen molar-refractivity contribution in [2.45, 2.75) is 13.5 Å². The fourth-order valence-electron chi connectivity index (χ4n) is 1.49. The van der Waals surface area contributed by atoms with E-state index in [1.807, 2.05) is 42.0 Å². The summed E-state index contributed by atoms with van der Waals surface area (Å²) < 4.78 is 1.97. The Kier molecular flexibility index (Phi) is 2.68. The Morgan fingerprint density at radius 1 is 1.13 bits per heavy atom. The van der Waals surface area contributed by atoms with E-state index in [-0.39, 0.29) is 0 Å². The van der Waals surface area contributed by atoms with Crippen LogP contribution in [0.5, 0.6) is 5.75 Å². The normalized spacial score (nSPS) is 10.2. The number of aryl methyl sites for hydroxylation is 1. The first kappa shape index (κ1) is 9.71. The van der Waals surface area contributed by atoms with Crippen LogP contribution in [-0.4, -0.2) is 5.11 Å². The van der Waals surface area contributed by atoms with Gasteiger partial charge in [0.1, 0.15) is 0 Å². The van der Waals surface area contributed by atoms with Gasteiger partial charge in [-0.2, -0.15) is 4.57 Å². The zero-order valence-electron chi connectivity index (χ0n) is 8.72. The summed E-state index contributed by atoms with van der Waals surface area (Å²) >= 11 is 0. The highest BCUT2D eigenvalue weighted by molar-refractivity contribution is 5.24. The number of aromatic hydroxyl groups is 1. The van der Waals surface area contributed by atoms with Crippen molar-refractivity contribution < 1.29 is 9.67 Å². The maximum atomic E-state index is 9.56. The lowest BCUT2D eigenvalue weighted by molar-refractivity contribution is -0.688. The monoisotopic (exact) mass is 200 g/mol. The quantitative estimate of drug-likeness (QED) is 0.737. The van der Waals surface area contributed by atoms with Gasteiger partial charge in [0.05, 0.1) is 0 Å². The predicted octanol–water partition coefficient (Wildman–Crippen LogP) is 2.04. The van der Waals surface area contributed by atoms with E-state index in [2.05, 4.69) is 12.1 Å². The Morgan fingerprint density at radius 2 is 1.87 bits per heavy atom. The van der Waals surface area contributed by atoms with Crippen LogP contribution in [0.2, 0.25) is 0 Å². The number of aromatic nitrogens is 1. The molecule has 0 aliphatic carbocycles. The fourth-order valence-corrected chi connectivity index (χ4v) is 1.49. The lowest BCUT2D eigenvalue weighted by atomic mass is 10.2. The van der Waals surface area contributed by atoms with Crippen LogP contribution in [0.15, 0.2) is 48.8 Å². The zero-order chi connectivity index (χ0) is 10.7. The third kappa shape index (κ3) is 2.34. The summed E-state index contributed by atoms with van der Waals surface area (Å²) in [7, 11) is 0. The van der Waals surface area contributed by atoms with Crippen molar-refractivity contribution in [1.29, 1.82) is 0 Å². The molecule has 1 aromatic heterocycles. The highest BCUT2D eigenvalue weighted by Gasteiger charge is 2.05. The van der Waals surface area contributed by atoms with Crippen LogP contribution in [0.4, 0.5) is 0 Å². The molecule has 76 valence electrons. The molecule has 1 aromatic carbocycles. The first-order valence-electron chi connectivity index (χ1n) is 4.98. The molecule has 2 nitrogen and oxygen atoms in total. The minimum Gasteiger partial charge on any atom is -0.503 e. The van der Waals surface area contributed by atoms with Crippen molar-refractivity contribution in [2.75, 3.05) is 0 Å². The molecule has 2 aromatic rings. The molecular weight excluding hydrogens is 186 g/mol. The van der Waals surface area contributed by atoms with Crippen molar-refractivity contribution in [3.05, 3.63) is 59.9 Å². The zero-order valence-corrected chi connectivity index (χ0v) is 8.72. The first-order valence-corrected chi connectivity index (χ1v) is 4.98. The standard InChI is InChI=1S/C13H13NO/c1-11-7-8-14(10-13(11)15)9-12-5-3-2-4-6-12/h2-8,10H,9H2,1H3/p+1. The van der Waals surface area contributed by atoms with Gasteiger partial charge in [-0.25, -0.2) is 0 Å². The van der Waals surface area contributed by atoms with E-state index in [1.165, 1.54) is 5.56 Å². The molecule has 15 heavy (non-hydrogen) atoms. The Labute approximate surface area is 89.4 Å². The summed E-state index contributed by atoms with van der Waals surface area (Å²) in [5.74, 6) is 0.341. The predicted molar refractivity (Wildman–Crippen MR) is 58.6 cm³/mol. The molecule has 0 aliphatic rings. The minimum atomic E-state index is 0.341. The smallest absolute Gasteiger partial charge is 0.211 e. The maximum Gasteiger partial charge on any atom is 0.211 e. The molecule has 0 fully saturated rings. The molecule has 1 N–H and O–H groups in total. The molecule has 2 rings (SSSR count). The number of pyridine rings is 1. The topological polar surface area (TPSA) is 24.1 Å². The van der Waals surface area contributed by atoms with Crippen molar-refractivity contribution >= 4 is 0 Å². The van der Waals surface area contributed by atoms with Crippen LogP contribution in [0.25, 0.3) is 0 Å². The van der Waals surface area contributed by atoms with E-state index >= 15 is 0 Å². The van der Waals surface area contributed by atoms with Gasteiger partial charge in [0.15, 0.2) is 18.5 Å². The van der Waals surface area contributed by atoms with Gasteiger partial charge < -0.3 is 5.11 Å². The maximum absolute atomic E-state index is 9.56. The Morgan fingerprint density at radius 3 is 2.53 bits per heavy atom. The number of nitrogens with zero attached hydrogens (tertiary/aromatic N) is 1. The highest BCUT2D eigenvalue weighted by Crippen LogP contribution is 2.10. The second-order valence-electron chi connectivity index (χ2n) is 3.67. The Bertz CT molecular complexity index is 451. The van der Waals surface area contributed by atoms with Gasteiger partial charge in [-0.15, -0.1) is 0 Å². The summed E-state index contributed by atoms with van der Waals surface area (Å²) in [6.45, 7) is 2.68. The van der Waals surface area contributed by atoms with Crippen LogP contribution in [0.1, 0.15) is 11.1 Å². The van der Waals surface area contributed by atoms with Gasteiger partial charge >= 0.3 is 0 Å². The Balaban J connectivity index is 2.22. The molecule has 1 heterocycles. The second kappa shape index (κ2) is 4.13. The van der Waals surface area contributed by atoms with Crippen LogP contribution >= 0.6 is 0 Å². The molecule has 0 unspecified atom stereocenters. The largest absolute Gasteiger partial charge is 0.503 e. The van der Waals surface area contributed by atoms with Gasteiger partial charge in [0, 0.05) is 17.2 Å². The van der Waals surface area contributed by atoms with Gasteiger partial charge in [0.2, 0.25) is 6.20 Å². The van der Waals surface area contributed by atoms with Crippen molar-refractivity contribution in [1.82, 2.24) is 0 Å². The number of hydrogen-bond acceptors (Lipinski definition) is 1.